The summed E-state index contributed by atoms with van der Waals surface area (Å²) in [6, 6.07) is 11.1. The van der Waals surface area contributed by atoms with E-state index in [2.05, 4.69) is 21.2 Å². The molecule has 5 heteroatoms. The van der Waals surface area contributed by atoms with Crippen LogP contribution in [0, 0.1) is 6.92 Å². The van der Waals surface area contributed by atoms with E-state index in [4.69, 9.17) is 9.47 Å². The van der Waals surface area contributed by atoms with Gasteiger partial charge in [-0.3, -0.25) is 4.79 Å². The molecular weight excluding hydrogens is 346 g/mol. The summed E-state index contributed by atoms with van der Waals surface area (Å²) >= 11 is 3.41. The van der Waals surface area contributed by atoms with Crippen LogP contribution in [0.2, 0.25) is 0 Å². The lowest BCUT2D eigenvalue weighted by molar-refractivity contribution is -0.115. The number of hydrogen-bond acceptors (Lipinski definition) is 3. The highest BCUT2D eigenvalue weighted by atomic mass is 79.9. The molecule has 2 aromatic rings. The van der Waals surface area contributed by atoms with Crippen molar-refractivity contribution in [2.75, 3.05) is 19.5 Å². The van der Waals surface area contributed by atoms with E-state index in [0.717, 1.165) is 21.3 Å². The second-order valence-electron chi connectivity index (χ2n) is 4.86. The Hall–Kier alpha value is -2.01. The van der Waals surface area contributed by atoms with Crippen LogP contribution in [0.5, 0.6) is 11.5 Å². The van der Waals surface area contributed by atoms with E-state index in [1.165, 1.54) is 0 Å². The van der Waals surface area contributed by atoms with Gasteiger partial charge >= 0.3 is 0 Å². The third-order valence-corrected chi connectivity index (χ3v) is 3.79. The Morgan fingerprint density at radius 3 is 2.55 bits per heavy atom. The molecule has 1 N–H and O–H groups in total. The number of carbonyl (C=O) groups is 1. The molecule has 0 aliphatic heterocycles. The molecule has 0 radical (unpaired) electrons. The molecule has 0 aromatic heterocycles. The van der Waals surface area contributed by atoms with Crippen LogP contribution in [-0.2, 0) is 11.2 Å². The maximum atomic E-state index is 12.3. The molecule has 0 saturated carbocycles. The molecule has 4 nitrogen and oxygen atoms in total. The van der Waals surface area contributed by atoms with Gasteiger partial charge in [0.05, 0.1) is 20.6 Å². The van der Waals surface area contributed by atoms with Crippen LogP contribution in [-0.4, -0.2) is 20.1 Å². The molecule has 0 fully saturated rings. The predicted octanol–water partition coefficient (Wildman–Crippen LogP) is 3.96. The Labute approximate surface area is 138 Å². The molecule has 0 heterocycles. The quantitative estimate of drug-likeness (QED) is 0.874. The van der Waals surface area contributed by atoms with E-state index < -0.39 is 0 Å². The van der Waals surface area contributed by atoms with E-state index in [0.29, 0.717) is 11.5 Å². The summed E-state index contributed by atoms with van der Waals surface area (Å²) in [4.78, 5) is 12.3. The Morgan fingerprint density at radius 1 is 1.14 bits per heavy atom. The number of aryl methyl sites for hydroxylation is 1. The number of ether oxygens (including phenoxy) is 2. The Bertz CT molecular complexity index is 686. The van der Waals surface area contributed by atoms with Crippen molar-refractivity contribution in [1.29, 1.82) is 0 Å². The van der Waals surface area contributed by atoms with Crippen LogP contribution in [0.25, 0.3) is 0 Å². The van der Waals surface area contributed by atoms with E-state index >= 15 is 0 Å². The van der Waals surface area contributed by atoms with Crippen molar-refractivity contribution >= 4 is 27.5 Å². The number of halogens is 1. The fourth-order valence-corrected chi connectivity index (χ4v) is 2.63. The molecule has 0 bridgehead atoms. The summed E-state index contributed by atoms with van der Waals surface area (Å²) in [5.41, 5.74) is 2.59. The van der Waals surface area contributed by atoms with Gasteiger partial charge in [0.2, 0.25) is 5.91 Å². The number of carbonyl (C=O) groups excluding carboxylic acids is 1. The Kier molecular flexibility index (Phi) is 5.44. The average molecular weight is 364 g/mol. The van der Waals surface area contributed by atoms with Gasteiger partial charge in [-0.1, -0.05) is 15.9 Å². The van der Waals surface area contributed by atoms with Gasteiger partial charge in [-0.2, -0.15) is 0 Å². The topological polar surface area (TPSA) is 47.6 Å². The van der Waals surface area contributed by atoms with Crippen molar-refractivity contribution in [1.82, 2.24) is 0 Å². The number of rotatable bonds is 5. The summed E-state index contributed by atoms with van der Waals surface area (Å²) in [7, 11) is 3.18. The summed E-state index contributed by atoms with van der Waals surface area (Å²) in [5.74, 6) is 1.27. The minimum absolute atomic E-state index is 0.100. The second kappa shape index (κ2) is 7.31. The summed E-state index contributed by atoms with van der Waals surface area (Å²) in [6.07, 6.45) is 0.218. The fourth-order valence-electron chi connectivity index (χ4n) is 2.15. The van der Waals surface area contributed by atoms with E-state index in [9.17, 15) is 4.79 Å². The van der Waals surface area contributed by atoms with Gasteiger partial charge in [-0.05, 0) is 48.9 Å². The van der Waals surface area contributed by atoms with Crippen molar-refractivity contribution in [3.8, 4) is 11.5 Å². The zero-order valence-electron chi connectivity index (χ0n) is 12.8. The summed E-state index contributed by atoms with van der Waals surface area (Å²) < 4.78 is 11.5. The number of methoxy groups -OCH3 is 2. The maximum Gasteiger partial charge on any atom is 0.228 e. The van der Waals surface area contributed by atoms with Crippen molar-refractivity contribution in [2.24, 2.45) is 0 Å². The van der Waals surface area contributed by atoms with Crippen LogP contribution >= 0.6 is 15.9 Å². The van der Waals surface area contributed by atoms with Gasteiger partial charge in [0.25, 0.3) is 0 Å². The molecule has 0 spiro atoms. The van der Waals surface area contributed by atoms with Crippen molar-refractivity contribution in [3.05, 3.63) is 52.0 Å². The van der Waals surface area contributed by atoms with Crippen LogP contribution in [0.4, 0.5) is 5.69 Å². The molecule has 0 aliphatic rings. The minimum atomic E-state index is -0.100. The highest BCUT2D eigenvalue weighted by molar-refractivity contribution is 9.10. The van der Waals surface area contributed by atoms with Gasteiger partial charge in [0.15, 0.2) is 0 Å². The highest BCUT2D eigenvalue weighted by Gasteiger charge is 2.11. The lowest BCUT2D eigenvalue weighted by Gasteiger charge is -2.12. The van der Waals surface area contributed by atoms with Gasteiger partial charge in [-0.25, -0.2) is 0 Å². The molecule has 0 atom stereocenters. The monoisotopic (exact) mass is 363 g/mol. The number of amides is 1. The number of benzene rings is 2. The fraction of sp³-hybridized carbons (Fsp3) is 0.235. The molecule has 0 unspecified atom stereocenters. The Morgan fingerprint density at radius 2 is 1.91 bits per heavy atom. The largest absolute Gasteiger partial charge is 0.497 e. The van der Waals surface area contributed by atoms with E-state index in [1.54, 1.807) is 26.4 Å². The summed E-state index contributed by atoms with van der Waals surface area (Å²) in [5, 5.41) is 2.92. The zero-order chi connectivity index (χ0) is 16.1. The standard InChI is InChI=1S/C17H18BrNO3/c1-11-8-13(18)4-6-15(11)19-17(20)10-12-9-14(21-2)5-7-16(12)22-3/h4-9H,10H2,1-3H3,(H,19,20). The molecule has 2 rings (SSSR count). The predicted molar refractivity (Wildman–Crippen MR) is 90.8 cm³/mol. The highest BCUT2D eigenvalue weighted by Crippen LogP contribution is 2.25. The van der Waals surface area contributed by atoms with Crippen LogP contribution in [0.3, 0.4) is 0 Å². The molecule has 22 heavy (non-hydrogen) atoms. The third-order valence-electron chi connectivity index (χ3n) is 3.30. The first-order valence-electron chi connectivity index (χ1n) is 6.80. The SMILES string of the molecule is COc1ccc(OC)c(CC(=O)Nc2ccc(Br)cc2C)c1. The van der Waals surface area contributed by atoms with Gasteiger partial charge in [0.1, 0.15) is 11.5 Å². The second-order valence-corrected chi connectivity index (χ2v) is 5.78. The van der Waals surface area contributed by atoms with Crippen LogP contribution in [0.1, 0.15) is 11.1 Å². The zero-order valence-corrected chi connectivity index (χ0v) is 14.4. The van der Waals surface area contributed by atoms with Crippen molar-refractivity contribution in [2.45, 2.75) is 13.3 Å². The van der Waals surface area contributed by atoms with Crippen molar-refractivity contribution in [3.63, 3.8) is 0 Å². The molecule has 0 aliphatic carbocycles. The van der Waals surface area contributed by atoms with Gasteiger partial charge in [-0.15, -0.1) is 0 Å². The number of anilines is 1. The Balaban J connectivity index is 2.14. The van der Waals surface area contributed by atoms with Crippen LogP contribution < -0.4 is 14.8 Å². The molecule has 116 valence electrons. The molecular formula is C17H18BrNO3. The average Bonchev–Trinajstić information content (AvgIpc) is 2.50. The number of nitrogens with one attached hydrogen (secondary N) is 1. The normalized spacial score (nSPS) is 10.2. The first kappa shape index (κ1) is 16.4. The smallest absolute Gasteiger partial charge is 0.228 e. The van der Waals surface area contributed by atoms with Crippen LogP contribution in [0.15, 0.2) is 40.9 Å². The lowest BCUT2D eigenvalue weighted by Crippen LogP contribution is -2.15. The summed E-state index contributed by atoms with van der Waals surface area (Å²) in [6.45, 7) is 1.95. The first-order chi connectivity index (χ1) is 10.5. The van der Waals surface area contributed by atoms with Gasteiger partial charge in [0, 0.05) is 15.7 Å². The van der Waals surface area contributed by atoms with Gasteiger partial charge < -0.3 is 14.8 Å². The lowest BCUT2D eigenvalue weighted by atomic mass is 10.1. The van der Waals surface area contributed by atoms with E-state index in [1.807, 2.05) is 31.2 Å². The minimum Gasteiger partial charge on any atom is -0.497 e. The third kappa shape index (κ3) is 4.01. The molecule has 2 aromatic carbocycles. The van der Waals surface area contributed by atoms with E-state index in [-0.39, 0.29) is 12.3 Å². The molecule has 0 saturated heterocycles. The van der Waals surface area contributed by atoms with Crippen molar-refractivity contribution < 1.29 is 14.3 Å². The molecule has 1 amide bonds. The number of hydrogen-bond donors (Lipinski definition) is 1. The first-order valence-corrected chi connectivity index (χ1v) is 7.59. The maximum absolute atomic E-state index is 12.3.